The van der Waals surface area contributed by atoms with Gasteiger partial charge in [-0.15, -0.1) is 0 Å². The van der Waals surface area contributed by atoms with Gasteiger partial charge in [-0.1, -0.05) is 0 Å². The fourth-order valence-corrected chi connectivity index (χ4v) is 3.23. The number of alkyl halides is 4. The lowest BCUT2D eigenvalue weighted by Crippen LogP contribution is -2.20. The Labute approximate surface area is 163 Å². The van der Waals surface area contributed by atoms with Crippen molar-refractivity contribution in [2.45, 2.75) is 39.2 Å². The van der Waals surface area contributed by atoms with Crippen molar-refractivity contribution in [2.75, 3.05) is 5.32 Å². The number of primary amides is 1. The van der Waals surface area contributed by atoms with Crippen LogP contribution in [0.5, 0.6) is 0 Å². The van der Waals surface area contributed by atoms with Crippen LogP contribution in [0.3, 0.4) is 0 Å². The van der Waals surface area contributed by atoms with Gasteiger partial charge in [-0.05, 0) is 31.4 Å². The van der Waals surface area contributed by atoms with Crippen molar-refractivity contribution in [1.82, 2.24) is 14.8 Å². The van der Waals surface area contributed by atoms with Gasteiger partial charge in [0.15, 0.2) is 0 Å². The number of anilines is 1. The largest absolute Gasteiger partial charge is 0.364 e. The van der Waals surface area contributed by atoms with Crippen molar-refractivity contribution in [3.63, 3.8) is 0 Å². The number of rotatable bonds is 7. The highest BCUT2D eigenvalue weighted by Crippen LogP contribution is 2.44. The monoisotopic (exact) mass is 413 g/mol. The molecule has 0 aromatic carbocycles. The molecule has 1 aliphatic rings. The molecule has 0 radical (unpaired) electrons. The van der Waals surface area contributed by atoms with Gasteiger partial charge in [-0.25, -0.2) is 8.78 Å². The Morgan fingerprint density at radius 3 is 2.66 bits per heavy atom. The number of nitrogens with one attached hydrogen (secondary N) is 1. The molecule has 156 valence electrons. The lowest BCUT2D eigenvalue weighted by atomic mass is 10.1. The molecule has 7 nitrogen and oxygen atoms in total. The molecule has 29 heavy (non-hydrogen) atoms. The van der Waals surface area contributed by atoms with Crippen LogP contribution in [0.1, 0.15) is 45.6 Å². The summed E-state index contributed by atoms with van der Waals surface area (Å²) in [5.74, 6) is -6.16. The summed E-state index contributed by atoms with van der Waals surface area (Å²) in [5, 5.41) is 6.32. The molecule has 2 atom stereocenters. The number of hydrogen-bond acceptors (Lipinski definition) is 4. The SMILES string of the molecule is Cc1c(C(C)(F)F)nn(CC2C[C@@H]2C(F)F)c1C(=O)Nc1ccnc(C(N)=O)c1. The average molecular weight is 413 g/mol. The van der Waals surface area contributed by atoms with Crippen LogP contribution in [0.25, 0.3) is 0 Å². The van der Waals surface area contributed by atoms with E-state index in [4.69, 9.17) is 5.73 Å². The number of carbonyl (C=O) groups excluding carboxylic acids is 2. The highest BCUT2D eigenvalue weighted by atomic mass is 19.3. The van der Waals surface area contributed by atoms with E-state index in [1.165, 1.54) is 25.3 Å². The van der Waals surface area contributed by atoms with Crippen LogP contribution < -0.4 is 11.1 Å². The lowest BCUT2D eigenvalue weighted by molar-refractivity contribution is 0.0113. The van der Waals surface area contributed by atoms with Crippen LogP contribution in [0, 0.1) is 18.8 Å². The molecule has 3 rings (SSSR count). The molecule has 0 aliphatic heterocycles. The summed E-state index contributed by atoms with van der Waals surface area (Å²) in [5.41, 5.74) is 4.44. The minimum atomic E-state index is -3.31. The molecule has 3 N–H and O–H groups in total. The number of nitrogens with zero attached hydrogens (tertiary/aromatic N) is 3. The lowest BCUT2D eigenvalue weighted by Gasteiger charge is -2.10. The van der Waals surface area contributed by atoms with E-state index in [-0.39, 0.29) is 35.6 Å². The average Bonchev–Trinajstić information content (AvgIpc) is 3.29. The minimum Gasteiger partial charge on any atom is -0.364 e. The van der Waals surface area contributed by atoms with Crippen molar-refractivity contribution < 1.29 is 27.2 Å². The molecule has 2 aromatic rings. The van der Waals surface area contributed by atoms with Crippen LogP contribution in [-0.2, 0) is 12.5 Å². The standard InChI is InChI=1S/C18H19F4N5O2/c1-8-13(17(29)25-10-3-4-24-12(6-10)16(23)28)27(26-14(8)18(2,21)22)7-9-5-11(9)15(19)20/h3-4,6,9,11,15H,5,7H2,1-2H3,(H2,23,28)(H,24,25,29)/t9?,11-/m0/s1. The van der Waals surface area contributed by atoms with Crippen molar-refractivity contribution in [3.8, 4) is 0 Å². The number of aromatic nitrogens is 3. The van der Waals surface area contributed by atoms with E-state index in [0.717, 1.165) is 4.68 Å². The third kappa shape index (κ3) is 4.38. The molecule has 0 spiro atoms. The number of halogens is 4. The van der Waals surface area contributed by atoms with E-state index in [1.807, 2.05) is 0 Å². The Kier molecular flexibility index (Phi) is 5.33. The van der Waals surface area contributed by atoms with Gasteiger partial charge < -0.3 is 11.1 Å². The highest BCUT2D eigenvalue weighted by molar-refractivity contribution is 6.04. The van der Waals surface area contributed by atoms with Gasteiger partial charge in [-0.2, -0.15) is 13.9 Å². The second kappa shape index (κ2) is 7.45. The smallest absolute Gasteiger partial charge is 0.289 e. The number of nitrogens with two attached hydrogens (primary N) is 1. The maximum atomic E-state index is 13.9. The summed E-state index contributed by atoms with van der Waals surface area (Å²) in [6.45, 7) is 1.90. The van der Waals surface area contributed by atoms with E-state index in [0.29, 0.717) is 6.92 Å². The second-order valence-electron chi connectivity index (χ2n) is 7.13. The third-order valence-corrected chi connectivity index (χ3v) is 4.80. The minimum absolute atomic E-state index is 0.0478. The van der Waals surface area contributed by atoms with Crippen LogP contribution in [0.2, 0.25) is 0 Å². The highest BCUT2D eigenvalue weighted by Gasteiger charge is 2.45. The van der Waals surface area contributed by atoms with E-state index in [9.17, 15) is 27.2 Å². The molecule has 2 aromatic heterocycles. The van der Waals surface area contributed by atoms with Gasteiger partial charge >= 0.3 is 0 Å². The number of hydrogen-bond donors (Lipinski definition) is 2. The summed E-state index contributed by atoms with van der Waals surface area (Å²) in [6, 6.07) is 2.63. The Morgan fingerprint density at radius 2 is 2.10 bits per heavy atom. The summed E-state index contributed by atoms with van der Waals surface area (Å²) < 4.78 is 54.5. The maximum absolute atomic E-state index is 13.9. The van der Waals surface area contributed by atoms with Crippen LogP contribution >= 0.6 is 0 Å². The van der Waals surface area contributed by atoms with Crippen LogP contribution in [0.15, 0.2) is 18.3 Å². The van der Waals surface area contributed by atoms with Gasteiger partial charge in [-0.3, -0.25) is 19.3 Å². The van der Waals surface area contributed by atoms with E-state index in [2.05, 4.69) is 15.4 Å². The van der Waals surface area contributed by atoms with Gasteiger partial charge in [0.2, 0.25) is 6.43 Å². The fourth-order valence-electron chi connectivity index (χ4n) is 3.23. The maximum Gasteiger partial charge on any atom is 0.289 e. The zero-order valence-electron chi connectivity index (χ0n) is 15.6. The predicted molar refractivity (Wildman–Crippen MR) is 94.8 cm³/mol. The predicted octanol–water partition coefficient (Wildman–Crippen LogP) is 2.95. The molecule has 11 heteroatoms. The topological polar surface area (TPSA) is 103 Å². The van der Waals surface area contributed by atoms with Gasteiger partial charge in [0.1, 0.15) is 17.1 Å². The van der Waals surface area contributed by atoms with Crippen LogP contribution in [0.4, 0.5) is 23.2 Å². The Bertz CT molecular complexity index is 954. The first-order chi connectivity index (χ1) is 13.5. The Hall–Kier alpha value is -2.98. The first-order valence-corrected chi connectivity index (χ1v) is 8.80. The first kappa shape index (κ1) is 20.7. The van der Waals surface area contributed by atoms with Gasteiger partial charge in [0, 0.05) is 36.8 Å². The van der Waals surface area contributed by atoms with Crippen molar-refractivity contribution in [1.29, 1.82) is 0 Å². The Morgan fingerprint density at radius 1 is 1.41 bits per heavy atom. The van der Waals surface area contributed by atoms with Crippen molar-refractivity contribution in [3.05, 3.63) is 41.0 Å². The molecule has 1 unspecified atom stereocenters. The van der Waals surface area contributed by atoms with Crippen molar-refractivity contribution in [2.24, 2.45) is 17.6 Å². The molecule has 2 amide bonds. The normalized spacial score (nSPS) is 18.7. The third-order valence-electron chi connectivity index (χ3n) is 4.80. The van der Waals surface area contributed by atoms with E-state index < -0.39 is 41.7 Å². The van der Waals surface area contributed by atoms with E-state index >= 15 is 0 Å². The quantitative estimate of drug-likeness (QED) is 0.681. The molecule has 1 fully saturated rings. The summed E-state index contributed by atoms with van der Waals surface area (Å²) in [4.78, 5) is 27.8. The second-order valence-corrected chi connectivity index (χ2v) is 7.13. The molecule has 2 heterocycles. The number of amides is 2. The molecule has 1 saturated carbocycles. The van der Waals surface area contributed by atoms with Crippen molar-refractivity contribution >= 4 is 17.5 Å². The number of carbonyl (C=O) groups is 2. The molecular formula is C18H19F4N5O2. The zero-order valence-corrected chi connectivity index (χ0v) is 15.6. The van der Waals surface area contributed by atoms with E-state index in [1.54, 1.807) is 0 Å². The van der Waals surface area contributed by atoms with Crippen LogP contribution in [-0.4, -0.2) is 33.0 Å². The first-order valence-electron chi connectivity index (χ1n) is 8.80. The summed E-state index contributed by atoms with van der Waals surface area (Å²) in [6.07, 6.45) is -1.02. The molecule has 1 aliphatic carbocycles. The molecule has 0 saturated heterocycles. The summed E-state index contributed by atoms with van der Waals surface area (Å²) >= 11 is 0. The molecular weight excluding hydrogens is 394 g/mol. The Balaban J connectivity index is 1.92. The zero-order chi connectivity index (χ0) is 21.5. The fraction of sp³-hybridized carbons (Fsp3) is 0.444. The summed E-state index contributed by atoms with van der Waals surface area (Å²) in [7, 11) is 0. The molecule has 0 bridgehead atoms. The van der Waals surface area contributed by atoms with Gasteiger partial charge in [0.05, 0.1) is 0 Å². The number of pyridine rings is 1. The van der Waals surface area contributed by atoms with Gasteiger partial charge in [0.25, 0.3) is 17.7 Å².